The van der Waals surface area contributed by atoms with E-state index in [1.165, 1.54) is 5.56 Å². The van der Waals surface area contributed by atoms with Gasteiger partial charge in [0.15, 0.2) is 0 Å². The van der Waals surface area contributed by atoms with E-state index in [9.17, 15) is 4.79 Å². The zero-order valence-electron chi connectivity index (χ0n) is 18.0. The van der Waals surface area contributed by atoms with E-state index in [2.05, 4.69) is 41.7 Å². The first-order chi connectivity index (χ1) is 15.7. The molecular weight excluding hydrogens is 398 g/mol. The van der Waals surface area contributed by atoms with Crippen LogP contribution in [-0.4, -0.2) is 22.1 Å². The van der Waals surface area contributed by atoms with E-state index in [-0.39, 0.29) is 11.9 Å². The van der Waals surface area contributed by atoms with Gasteiger partial charge < -0.3 is 9.84 Å². The fraction of sp³-hybridized carbons (Fsp3) is 0.296. The highest BCUT2D eigenvalue weighted by Gasteiger charge is 2.42. The van der Waals surface area contributed by atoms with Crippen molar-refractivity contribution < 1.29 is 9.32 Å². The van der Waals surface area contributed by atoms with Crippen LogP contribution in [0.15, 0.2) is 71.3 Å². The van der Waals surface area contributed by atoms with Gasteiger partial charge in [-0.3, -0.25) is 4.79 Å². The van der Waals surface area contributed by atoms with Gasteiger partial charge in [-0.05, 0) is 49.7 Å². The van der Waals surface area contributed by atoms with Crippen molar-refractivity contribution in [1.29, 1.82) is 0 Å². The summed E-state index contributed by atoms with van der Waals surface area (Å²) in [7, 11) is 0. The number of pyridine rings is 1. The maximum atomic E-state index is 13.5. The van der Waals surface area contributed by atoms with Gasteiger partial charge in [-0.25, -0.2) is 4.98 Å². The summed E-state index contributed by atoms with van der Waals surface area (Å²) in [6, 6.07) is 22.4. The third kappa shape index (κ3) is 3.48. The molecule has 1 N–H and O–H groups in total. The van der Waals surface area contributed by atoms with E-state index < -0.39 is 0 Å². The Bertz CT molecular complexity index is 1280. The molecular formula is C27H25N3O2. The predicted octanol–water partition coefficient (Wildman–Crippen LogP) is 5.69. The van der Waals surface area contributed by atoms with E-state index in [1.54, 1.807) is 0 Å². The molecule has 0 radical (unpaired) electrons. The van der Waals surface area contributed by atoms with Crippen molar-refractivity contribution in [3.63, 3.8) is 0 Å². The van der Waals surface area contributed by atoms with Gasteiger partial charge in [0.25, 0.3) is 11.6 Å². The predicted molar refractivity (Wildman–Crippen MR) is 123 cm³/mol. The largest absolute Gasteiger partial charge is 0.349 e. The molecule has 1 amide bonds. The smallest absolute Gasteiger partial charge is 0.259 e. The molecule has 2 aromatic carbocycles. The molecule has 2 fully saturated rings. The summed E-state index contributed by atoms with van der Waals surface area (Å²) in [4.78, 5) is 18.2. The lowest BCUT2D eigenvalue weighted by Crippen LogP contribution is -2.34. The van der Waals surface area contributed by atoms with Crippen LogP contribution < -0.4 is 5.32 Å². The van der Waals surface area contributed by atoms with Crippen LogP contribution in [0.2, 0.25) is 0 Å². The maximum absolute atomic E-state index is 13.5. The molecule has 0 saturated heterocycles. The summed E-state index contributed by atoms with van der Waals surface area (Å²) in [6.07, 6.45) is 3.32. The van der Waals surface area contributed by atoms with Gasteiger partial charge in [0.1, 0.15) is 5.69 Å². The second-order valence-electron chi connectivity index (χ2n) is 9.13. The Morgan fingerprint density at radius 2 is 1.78 bits per heavy atom. The summed E-state index contributed by atoms with van der Waals surface area (Å²) < 4.78 is 5.61. The van der Waals surface area contributed by atoms with Crippen molar-refractivity contribution in [2.45, 2.75) is 44.1 Å². The first kappa shape index (κ1) is 19.2. The van der Waals surface area contributed by atoms with Crippen LogP contribution in [0, 0.1) is 5.92 Å². The second kappa shape index (κ2) is 7.59. The lowest BCUT2D eigenvalue weighted by Gasteiger charge is -2.15. The van der Waals surface area contributed by atoms with Crippen LogP contribution in [0.25, 0.3) is 22.4 Å². The Morgan fingerprint density at radius 3 is 2.50 bits per heavy atom. The quantitative estimate of drug-likeness (QED) is 0.433. The second-order valence-corrected chi connectivity index (χ2v) is 9.13. The number of aromatic nitrogens is 2. The molecule has 2 heterocycles. The normalized spacial score (nSPS) is 20.8. The number of rotatable bonds is 6. The number of hydrogen-bond acceptors (Lipinski definition) is 4. The van der Waals surface area contributed by atoms with Gasteiger partial charge in [-0.1, -0.05) is 65.8 Å². The number of amides is 1. The Kier molecular flexibility index (Phi) is 4.56. The minimum Gasteiger partial charge on any atom is -0.349 e. The lowest BCUT2D eigenvalue weighted by molar-refractivity contribution is 0.0937. The van der Waals surface area contributed by atoms with Crippen LogP contribution >= 0.6 is 0 Å². The topological polar surface area (TPSA) is 68.0 Å². The molecule has 5 nitrogen and oxygen atoms in total. The number of fused-ring (bicyclic) bond motifs is 1. The molecule has 160 valence electrons. The fourth-order valence-corrected chi connectivity index (χ4v) is 4.77. The first-order valence-corrected chi connectivity index (χ1v) is 11.4. The van der Waals surface area contributed by atoms with Gasteiger partial charge in [0.05, 0.1) is 10.9 Å². The third-order valence-corrected chi connectivity index (χ3v) is 6.82. The molecule has 2 aliphatic rings. The molecule has 3 unspecified atom stereocenters. The molecule has 2 saturated carbocycles. The summed E-state index contributed by atoms with van der Waals surface area (Å²) in [5.74, 6) is 1.31. The molecule has 0 aliphatic heterocycles. The zero-order valence-corrected chi connectivity index (χ0v) is 18.0. The molecule has 0 spiro atoms. The summed E-state index contributed by atoms with van der Waals surface area (Å²) in [5, 5.41) is 8.25. The Morgan fingerprint density at radius 1 is 1.06 bits per heavy atom. The Labute approximate surface area is 186 Å². The third-order valence-electron chi connectivity index (χ3n) is 6.82. The summed E-state index contributed by atoms with van der Waals surface area (Å²) in [5.41, 5.74) is 4.92. The first-order valence-electron chi connectivity index (χ1n) is 11.4. The van der Waals surface area contributed by atoms with E-state index >= 15 is 0 Å². The highest BCUT2D eigenvalue weighted by atomic mass is 16.5. The van der Waals surface area contributed by atoms with Gasteiger partial charge >= 0.3 is 0 Å². The Hall–Kier alpha value is -3.47. The van der Waals surface area contributed by atoms with E-state index in [4.69, 9.17) is 9.51 Å². The highest BCUT2D eigenvalue weighted by Crippen LogP contribution is 2.49. The van der Waals surface area contributed by atoms with Crippen LogP contribution in [0.5, 0.6) is 0 Å². The zero-order chi connectivity index (χ0) is 21.7. The average Bonchev–Trinajstić information content (AvgIpc) is 3.76. The van der Waals surface area contributed by atoms with Crippen LogP contribution in [0.1, 0.15) is 59.6 Å². The number of nitrogens with zero attached hydrogens (tertiary/aromatic N) is 2. The molecule has 32 heavy (non-hydrogen) atoms. The van der Waals surface area contributed by atoms with Gasteiger partial charge in [-0.2, -0.15) is 0 Å². The van der Waals surface area contributed by atoms with Crippen molar-refractivity contribution in [3.05, 3.63) is 83.6 Å². The molecule has 2 aliphatic carbocycles. The van der Waals surface area contributed by atoms with E-state index in [0.717, 1.165) is 30.5 Å². The molecule has 6 rings (SSSR count). The number of nitrogens with one attached hydrogen (secondary N) is 1. The van der Waals surface area contributed by atoms with Gasteiger partial charge in [0, 0.05) is 23.2 Å². The number of carbonyl (C=O) groups is 1. The number of carbonyl (C=O) groups excluding carboxylic acids is 1. The molecule has 2 aromatic heterocycles. The van der Waals surface area contributed by atoms with E-state index in [1.807, 2.05) is 42.5 Å². The average molecular weight is 424 g/mol. The summed E-state index contributed by atoms with van der Waals surface area (Å²) in [6.45, 7) is 2.11. The highest BCUT2D eigenvalue weighted by molar-refractivity contribution is 6.09. The summed E-state index contributed by atoms with van der Waals surface area (Å²) >= 11 is 0. The SMILES string of the molecule is CC(NC(=O)c1cc(C2CC2)nc2onc(-c3ccccc3)c12)C1CC1c1ccccc1. The Balaban J connectivity index is 1.32. The van der Waals surface area contributed by atoms with Crippen molar-refractivity contribution in [3.8, 4) is 11.3 Å². The standard InChI is InChI=1S/C27H25N3O2/c1-16(20-14-21(20)17-8-4-2-5-9-17)28-26(31)22-15-23(18-12-13-18)29-27-24(22)25(30-32-27)19-10-6-3-7-11-19/h2-11,15-16,18,20-21H,12-14H2,1H3,(H,28,31). The van der Waals surface area contributed by atoms with Crippen molar-refractivity contribution in [1.82, 2.24) is 15.5 Å². The van der Waals surface area contributed by atoms with Crippen molar-refractivity contribution >= 4 is 17.0 Å². The molecule has 0 bridgehead atoms. The van der Waals surface area contributed by atoms with Crippen LogP contribution in [0.3, 0.4) is 0 Å². The monoisotopic (exact) mass is 423 g/mol. The molecule has 3 atom stereocenters. The minimum absolute atomic E-state index is 0.0779. The van der Waals surface area contributed by atoms with Gasteiger partial charge in [0.2, 0.25) is 0 Å². The van der Waals surface area contributed by atoms with Crippen LogP contribution in [0.4, 0.5) is 0 Å². The van der Waals surface area contributed by atoms with Crippen molar-refractivity contribution in [2.24, 2.45) is 5.92 Å². The maximum Gasteiger partial charge on any atom is 0.259 e. The van der Waals surface area contributed by atoms with Gasteiger partial charge in [-0.15, -0.1) is 0 Å². The molecule has 5 heteroatoms. The molecule has 4 aromatic rings. The fourth-order valence-electron chi connectivity index (χ4n) is 4.77. The lowest BCUT2D eigenvalue weighted by atomic mass is 10.0. The van der Waals surface area contributed by atoms with Crippen molar-refractivity contribution in [2.75, 3.05) is 0 Å². The number of hydrogen-bond donors (Lipinski definition) is 1. The van der Waals surface area contributed by atoms with Crippen LogP contribution in [-0.2, 0) is 0 Å². The minimum atomic E-state index is -0.0779. The van der Waals surface area contributed by atoms with E-state index in [0.29, 0.717) is 40.1 Å². The number of benzene rings is 2.